The van der Waals surface area contributed by atoms with Crippen molar-refractivity contribution in [3.8, 4) is 0 Å². The van der Waals surface area contributed by atoms with Crippen molar-refractivity contribution in [2.75, 3.05) is 13.2 Å². The van der Waals surface area contributed by atoms with Gasteiger partial charge in [0.15, 0.2) is 0 Å². The average Bonchev–Trinajstić information content (AvgIpc) is 2.39. The molecule has 2 heteroatoms. The summed E-state index contributed by atoms with van der Waals surface area (Å²) in [7, 11) is 0. The number of hydrogen-bond donors (Lipinski definition) is 1. The minimum Gasteiger partial charge on any atom is -0.377 e. The standard InChI is InChI=1S/C15H25NO/c1-3-15(4-2)16-11-8-12-17-13-14-9-6-5-7-10-14/h5-7,9-10,15-16H,3-4,8,11-13H2,1-2H3. The number of rotatable bonds is 9. The fourth-order valence-electron chi connectivity index (χ4n) is 1.82. The zero-order valence-corrected chi connectivity index (χ0v) is 11.1. The van der Waals surface area contributed by atoms with Gasteiger partial charge in [-0.15, -0.1) is 0 Å². The summed E-state index contributed by atoms with van der Waals surface area (Å²) in [4.78, 5) is 0. The van der Waals surface area contributed by atoms with E-state index in [2.05, 4.69) is 31.3 Å². The first-order chi connectivity index (χ1) is 8.36. The van der Waals surface area contributed by atoms with Gasteiger partial charge >= 0.3 is 0 Å². The fraction of sp³-hybridized carbons (Fsp3) is 0.600. The molecule has 0 radical (unpaired) electrons. The third-order valence-electron chi connectivity index (χ3n) is 3.00. The zero-order valence-electron chi connectivity index (χ0n) is 11.1. The number of ether oxygens (including phenoxy) is 1. The first-order valence-electron chi connectivity index (χ1n) is 6.71. The molecule has 0 heterocycles. The second-order valence-corrected chi connectivity index (χ2v) is 4.36. The van der Waals surface area contributed by atoms with E-state index < -0.39 is 0 Å². The summed E-state index contributed by atoms with van der Waals surface area (Å²) in [6.45, 7) is 7.08. The van der Waals surface area contributed by atoms with Gasteiger partial charge in [-0.25, -0.2) is 0 Å². The third-order valence-corrected chi connectivity index (χ3v) is 3.00. The summed E-state index contributed by atoms with van der Waals surface area (Å²) in [6.07, 6.45) is 3.51. The number of benzene rings is 1. The molecule has 0 amide bonds. The van der Waals surface area contributed by atoms with Crippen molar-refractivity contribution in [1.82, 2.24) is 5.32 Å². The molecule has 0 aromatic heterocycles. The van der Waals surface area contributed by atoms with Gasteiger partial charge in [0, 0.05) is 12.6 Å². The van der Waals surface area contributed by atoms with Gasteiger partial charge in [0.05, 0.1) is 6.61 Å². The molecular formula is C15H25NO. The van der Waals surface area contributed by atoms with E-state index >= 15 is 0 Å². The minimum atomic E-state index is 0.670. The zero-order chi connectivity index (χ0) is 12.3. The predicted octanol–water partition coefficient (Wildman–Crippen LogP) is 3.37. The lowest BCUT2D eigenvalue weighted by Crippen LogP contribution is -2.29. The molecule has 0 bridgehead atoms. The minimum absolute atomic E-state index is 0.670. The quantitative estimate of drug-likeness (QED) is 0.663. The monoisotopic (exact) mass is 235 g/mol. The lowest BCUT2D eigenvalue weighted by atomic mass is 10.2. The van der Waals surface area contributed by atoms with Crippen LogP contribution < -0.4 is 5.32 Å². The Kier molecular flexibility index (Phi) is 7.69. The summed E-state index contributed by atoms with van der Waals surface area (Å²) in [5.41, 5.74) is 1.25. The van der Waals surface area contributed by atoms with E-state index in [-0.39, 0.29) is 0 Å². The van der Waals surface area contributed by atoms with E-state index in [1.165, 1.54) is 18.4 Å². The molecule has 0 aliphatic heterocycles. The summed E-state index contributed by atoms with van der Waals surface area (Å²) < 4.78 is 5.63. The van der Waals surface area contributed by atoms with Crippen molar-refractivity contribution in [3.63, 3.8) is 0 Å². The van der Waals surface area contributed by atoms with Gasteiger partial charge in [-0.05, 0) is 31.4 Å². The molecule has 0 spiro atoms. The van der Waals surface area contributed by atoms with Crippen LogP contribution in [0, 0.1) is 0 Å². The Morgan fingerprint density at radius 2 is 1.82 bits per heavy atom. The lowest BCUT2D eigenvalue weighted by molar-refractivity contribution is 0.118. The lowest BCUT2D eigenvalue weighted by Gasteiger charge is -2.14. The van der Waals surface area contributed by atoms with Crippen molar-refractivity contribution in [1.29, 1.82) is 0 Å². The molecule has 1 rings (SSSR count). The normalized spacial score (nSPS) is 11.0. The predicted molar refractivity (Wildman–Crippen MR) is 73.1 cm³/mol. The molecule has 1 aromatic rings. The Morgan fingerprint density at radius 1 is 1.12 bits per heavy atom. The van der Waals surface area contributed by atoms with Crippen LogP contribution in [0.2, 0.25) is 0 Å². The van der Waals surface area contributed by atoms with Crippen LogP contribution in [0.4, 0.5) is 0 Å². The molecule has 2 nitrogen and oxygen atoms in total. The fourth-order valence-corrected chi connectivity index (χ4v) is 1.82. The van der Waals surface area contributed by atoms with Crippen LogP contribution in [0.5, 0.6) is 0 Å². The van der Waals surface area contributed by atoms with Crippen LogP contribution in [0.3, 0.4) is 0 Å². The summed E-state index contributed by atoms with van der Waals surface area (Å²) in [5.74, 6) is 0. The Morgan fingerprint density at radius 3 is 2.47 bits per heavy atom. The van der Waals surface area contributed by atoms with Crippen molar-refractivity contribution in [2.45, 2.75) is 45.8 Å². The van der Waals surface area contributed by atoms with Gasteiger partial charge in [-0.2, -0.15) is 0 Å². The largest absolute Gasteiger partial charge is 0.377 e. The molecule has 17 heavy (non-hydrogen) atoms. The molecule has 0 aliphatic carbocycles. The van der Waals surface area contributed by atoms with Crippen molar-refractivity contribution >= 4 is 0 Å². The molecule has 0 fully saturated rings. The van der Waals surface area contributed by atoms with Crippen molar-refractivity contribution < 1.29 is 4.74 Å². The first kappa shape index (κ1) is 14.2. The van der Waals surface area contributed by atoms with E-state index in [4.69, 9.17) is 4.74 Å². The van der Waals surface area contributed by atoms with Gasteiger partial charge in [-0.3, -0.25) is 0 Å². The van der Waals surface area contributed by atoms with Crippen LogP contribution in [0.25, 0.3) is 0 Å². The molecular weight excluding hydrogens is 210 g/mol. The summed E-state index contributed by atoms with van der Waals surface area (Å²) in [6, 6.07) is 11.0. The van der Waals surface area contributed by atoms with Crippen LogP contribution in [-0.4, -0.2) is 19.2 Å². The molecule has 1 N–H and O–H groups in total. The number of nitrogens with one attached hydrogen (secondary N) is 1. The van der Waals surface area contributed by atoms with Gasteiger partial charge in [0.2, 0.25) is 0 Å². The van der Waals surface area contributed by atoms with Gasteiger partial charge in [-0.1, -0.05) is 44.2 Å². The van der Waals surface area contributed by atoms with Gasteiger partial charge in [0.1, 0.15) is 0 Å². The maximum Gasteiger partial charge on any atom is 0.0716 e. The van der Waals surface area contributed by atoms with E-state index in [0.29, 0.717) is 6.04 Å². The molecule has 0 atom stereocenters. The molecule has 96 valence electrons. The van der Waals surface area contributed by atoms with Crippen molar-refractivity contribution in [3.05, 3.63) is 35.9 Å². The first-order valence-corrected chi connectivity index (χ1v) is 6.71. The SMILES string of the molecule is CCC(CC)NCCCOCc1ccccc1. The maximum atomic E-state index is 5.63. The summed E-state index contributed by atoms with van der Waals surface area (Å²) in [5, 5.41) is 3.54. The van der Waals surface area contributed by atoms with Crippen LogP contribution >= 0.6 is 0 Å². The maximum absolute atomic E-state index is 5.63. The second-order valence-electron chi connectivity index (χ2n) is 4.36. The highest BCUT2D eigenvalue weighted by atomic mass is 16.5. The molecule has 0 saturated heterocycles. The topological polar surface area (TPSA) is 21.3 Å². The number of hydrogen-bond acceptors (Lipinski definition) is 2. The van der Waals surface area contributed by atoms with Crippen LogP contribution in [0.15, 0.2) is 30.3 Å². The van der Waals surface area contributed by atoms with Crippen LogP contribution in [-0.2, 0) is 11.3 Å². The molecule has 0 unspecified atom stereocenters. The van der Waals surface area contributed by atoms with E-state index in [1.807, 2.05) is 18.2 Å². The second kappa shape index (κ2) is 9.20. The molecule has 0 aliphatic rings. The smallest absolute Gasteiger partial charge is 0.0716 e. The highest BCUT2D eigenvalue weighted by Gasteiger charge is 2.00. The highest BCUT2D eigenvalue weighted by Crippen LogP contribution is 2.01. The van der Waals surface area contributed by atoms with Crippen LogP contribution in [0.1, 0.15) is 38.7 Å². The Balaban J connectivity index is 1.98. The molecule has 0 saturated carbocycles. The Labute approximate surface area is 105 Å². The summed E-state index contributed by atoms with van der Waals surface area (Å²) >= 11 is 0. The Hall–Kier alpha value is -0.860. The van der Waals surface area contributed by atoms with Gasteiger partial charge in [0.25, 0.3) is 0 Å². The van der Waals surface area contributed by atoms with E-state index in [9.17, 15) is 0 Å². The van der Waals surface area contributed by atoms with Gasteiger partial charge < -0.3 is 10.1 Å². The van der Waals surface area contributed by atoms with Crippen molar-refractivity contribution in [2.24, 2.45) is 0 Å². The third kappa shape index (κ3) is 6.44. The van der Waals surface area contributed by atoms with E-state index in [1.54, 1.807) is 0 Å². The Bertz CT molecular complexity index is 270. The van der Waals surface area contributed by atoms with E-state index in [0.717, 1.165) is 26.2 Å². The highest BCUT2D eigenvalue weighted by molar-refractivity contribution is 5.13. The molecule has 1 aromatic carbocycles. The average molecular weight is 235 g/mol.